The smallest absolute Gasteiger partial charge is 0.287 e. The van der Waals surface area contributed by atoms with Crippen molar-refractivity contribution in [1.82, 2.24) is 19.1 Å². The lowest BCUT2D eigenvalue weighted by Gasteiger charge is -2.14. The van der Waals surface area contributed by atoms with Crippen LogP contribution in [0.25, 0.3) is 11.0 Å². The molecule has 1 aromatic carbocycles. The summed E-state index contributed by atoms with van der Waals surface area (Å²) in [5.41, 5.74) is 1.63. The number of nitrogens with zero attached hydrogens (tertiary/aromatic N) is 4. The molecule has 0 radical (unpaired) electrons. The second-order valence-corrected chi connectivity index (χ2v) is 6.56. The predicted octanol–water partition coefficient (Wildman–Crippen LogP) is 2.70. The van der Waals surface area contributed by atoms with Gasteiger partial charge in [0.25, 0.3) is 5.56 Å². The summed E-state index contributed by atoms with van der Waals surface area (Å²) < 4.78 is 2.76. The normalized spacial score (nSPS) is 11.0. The maximum atomic E-state index is 13.1. The van der Waals surface area contributed by atoms with Crippen molar-refractivity contribution < 1.29 is 0 Å². The summed E-state index contributed by atoms with van der Waals surface area (Å²) in [7, 11) is 0. The van der Waals surface area contributed by atoms with E-state index in [1.165, 1.54) is 4.57 Å². The molecule has 0 aliphatic heterocycles. The Hall–Kier alpha value is -3.25. The fourth-order valence-corrected chi connectivity index (χ4v) is 3.11. The van der Waals surface area contributed by atoms with Gasteiger partial charge in [-0.25, -0.2) is 9.78 Å². The molecule has 4 rings (SSSR count). The van der Waals surface area contributed by atoms with Crippen LogP contribution in [0.2, 0.25) is 5.02 Å². The van der Waals surface area contributed by atoms with E-state index >= 15 is 0 Å². The van der Waals surface area contributed by atoms with Gasteiger partial charge in [-0.3, -0.25) is 18.9 Å². The molecule has 0 amide bonds. The van der Waals surface area contributed by atoms with Crippen LogP contribution in [0.3, 0.4) is 0 Å². The standard InChI is InChI=1S/C20H15ClN4O2/c21-16-7-5-14(6-8-16)12-24-17-4-2-10-23-18(17)19(26)25(20(24)27)13-15-3-1-9-22-11-15/h1-11H,12-13H2. The maximum absolute atomic E-state index is 13.1. The molecule has 3 heterocycles. The van der Waals surface area contributed by atoms with Gasteiger partial charge in [0.05, 0.1) is 18.6 Å². The highest BCUT2D eigenvalue weighted by Crippen LogP contribution is 2.12. The molecule has 4 aromatic rings. The number of halogens is 1. The number of fused-ring (bicyclic) bond motifs is 1. The lowest BCUT2D eigenvalue weighted by Crippen LogP contribution is -2.40. The Bertz CT molecular complexity index is 1210. The lowest BCUT2D eigenvalue weighted by molar-refractivity contribution is 0.632. The fraction of sp³-hybridized carbons (Fsp3) is 0.100. The minimum absolute atomic E-state index is 0.138. The van der Waals surface area contributed by atoms with E-state index in [0.29, 0.717) is 17.1 Å². The minimum Gasteiger partial charge on any atom is -0.287 e. The summed E-state index contributed by atoms with van der Waals surface area (Å²) in [5, 5.41) is 0.624. The number of hydrogen-bond acceptors (Lipinski definition) is 4. The molecular formula is C20H15ClN4O2. The Morgan fingerprint density at radius 2 is 1.59 bits per heavy atom. The topological polar surface area (TPSA) is 69.8 Å². The largest absolute Gasteiger partial charge is 0.332 e. The second kappa shape index (κ2) is 7.17. The Kier molecular flexibility index (Phi) is 4.56. The average Bonchev–Trinajstić information content (AvgIpc) is 2.71. The summed E-state index contributed by atoms with van der Waals surface area (Å²) in [5.74, 6) is 0. The van der Waals surface area contributed by atoms with Crippen LogP contribution in [-0.2, 0) is 13.1 Å². The van der Waals surface area contributed by atoms with E-state index in [2.05, 4.69) is 9.97 Å². The van der Waals surface area contributed by atoms with Gasteiger partial charge in [-0.1, -0.05) is 29.8 Å². The molecule has 3 aromatic heterocycles. The molecular weight excluding hydrogens is 364 g/mol. The maximum Gasteiger partial charge on any atom is 0.332 e. The highest BCUT2D eigenvalue weighted by atomic mass is 35.5. The Morgan fingerprint density at radius 3 is 2.33 bits per heavy atom. The van der Waals surface area contributed by atoms with Gasteiger partial charge >= 0.3 is 5.69 Å². The molecule has 0 spiro atoms. The first-order chi connectivity index (χ1) is 13.1. The van der Waals surface area contributed by atoms with Crippen molar-refractivity contribution in [3.63, 3.8) is 0 Å². The summed E-state index contributed by atoms with van der Waals surface area (Å²) >= 11 is 5.95. The Balaban J connectivity index is 1.90. The molecule has 134 valence electrons. The summed E-state index contributed by atoms with van der Waals surface area (Å²) in [6, 6.07) is 14.3. The quantitative estimate of drug-likeness (QED) is 0.547. The first kappa shape index (κ1) is 17.2. The lowest BCUT2D eigenvalue weighted by atomic mass is 10.2. The molecule has 7 heteroatoms. The minimum atomic E-state index is -0.410. The molecule has 0 saturated heterocycles. The number of pyridine rings is 2. The Morgan fingerprint density at radius 1 is 0.852 bits per heavy atom. The SMILES string of the molecule is O=c1c2ncccc2n(Cc2ccc(Cl)cc2)c(=O)n1Cc1cccnc1. The molecule has 0 unspecified atom stereocenters. The predicted molar refractivity (Wildman–Crippen MR) is 104 cm³/mol. The van der Waals surface area contributed by atoms with Crippen molar-refractivity contribution >= 4 is 22.6 Å². The number of aromatic nitrogens is 4. The zero-order chi connectivity index (χ0) is 18.8. The van der Waals surface area contributed by atoms with Gasteiger partial charge in [0.15, 0.2) is 5.52 Å². The van der Waals surface area contributed by atoms with Gasteiger partial charge < -0.3 is 0 Å². The highest BCUT2D eigenvalue weighted by molar-refractivity contribution is 6.30. The zero-order valence-corrected chi connectivity index (χ0v) is 15.0. The van der Waals surface area contributed by atoms with Crippen molar-refractivity contribution in [3.8, 4) is 0 Å². The fourth-order valence-electron chi connectivity index (χ4n) is 2.98. The molecule has 6 nitrogen and oxygen atoms in total. The van der Waals surface area contributed by atoms with E-state index in [-0.39, 0.29) is 17.8 Å². The first-order valence-electron chi connectivity index (χ1n) is 8.35. The van der Waals surface area contributed by atoms with Crippen LogP contribution in [0.4, 0.5) is 0 Å². The molecule has 0 aliphatic rings. The number of hydrogen-bond donors (Lipinski definition) is 0. The molecule has 0 aliphatic carbocycles. The van der Waals surface area contributed by atoms with E-state index in [0.717, 1.165) is 11.1 Å². The molecule has 27 heavy (non-hydrogen) atoms. The third-order valence-electron chi connectivity index (χ3n) is 4.30. The van der Waals surface area contributed by atoms with E-state index in [4.69, 9.17) is 11.6 Å². The van der Waals surface area contributed by atoms with E-state index < -0.39 is 5.56 Å². The third-order valence-corrected chi connectivity index (χ3v) is 4.56. The molecule has 0 N–H and O–H groups in total. The van der Waals surface area contributed by atoms with E-state index in [1.54, 1.807) is 53.5 Å². The van der Waals surface area contributed by atoms with Crippen molar-refractivity contribution in [2.24, 2.45) is 0 Å². The van der Waals surface area contributed by atoms with Crippen molar-refractivity contribution in [1.29, 1.82) is 0 Å². The molecule has 0 saturated carbocycles. The van der Waals surface area contributed by atoms with Crippen LogP contribution in [0.1, 0.15) is 11.1 Å². The van der Waals surface area contributed by atoms with Crippen molar-refractivity contribution in [2.45, 2.75) is 13.1 Å². The van der Waals surface area contributed by atoms with Crippen molar-refractivity contribution in [2.75, 3.05) is 0 Å². The van der Waals surface area contributed by atoms with E-state index in [9.17, 15) is 9.59 Å². The first-order valence-corrected chi connectivity index (χ1v) is 8.73. The summed E-state index contributed by atoms with van der Waals surface area (Å²) in [4.78, 5) is 34.2. The van der Waals surface area contributed by atoms with Crippen LogP contribution in [0.5, 0.6) is 0 Å². The average molecular weight is 379 g/mol. The summed E-state index contributed by atoms with van der Waals surface area (Å²) in [6.45, 7) is 0.449. The van der Waals surface area contributed by atoms with Gasteiger partial charge in [0, 0.05) is 23.6 Å². The van der Waals surface area contributed by atoms with Gasteiger partial charge in [-0.05, 0) is 41.5 Å². The third kappa shape index (κ3) is 3.39. The second-order valence-electron chi connectivity index (χ2n) is 6.12. The van der Waals surface area contributed by atoms with Crippen LogP contribution in [0, 0.1) is 0 Å². The summed E-state index contributed by atoms with van der Waals surface area (Å²) in [6.07, 6.45) is 4.83. The molecule has 0 bridgehead atoms. The van der Waals surface area contributed by atoms with Crippen LogP contribution in [-0.4, -0.2) is 19.1 Å². The van der Waals surface area contributed by atoms with Gasteiger partial charge in [-0.2, -0.15) is 0 Å². The zero-order valence-electron chi connectivity index (χ0n) is 14.2. The Labute approximate surface area is 159 Å². The van der Waals surface area contributed by atoms with E-state index in [1.807, 2.05) is 18.2 Å². The molecule has 0 atom stereocenters. The molecule has 0 fully saturated rings. The number of rotatable bonds is 4. The van der Waals surface area contributed by atoms with Gasteiger partial charge in [-0.15, -0.1) is 0 Å². The van der Waals surface area contributed by atoms with Gasteiger partial charge in [0.2, 0.25) is 0 Å². The highest BCUT2D eigenvalue weighted by Gasteiger charge is 2.14. The number of benzene rings is 1. The van der Waals surface area contributed by atoms with Crippen LogP contribution < -0.4 is 11.2 Å². The van der Waals surface area contributed by atoms with Crippen LogP contribution in [0.15, 0.2) is 76.7 Å². The monoisotopic (exact) mass is 378 g/mol. The van der Waals surface area contributed by atoms with Crippen molar-refractivity contribution in [3.05, 3.63) is 104 Å². The van der Waals surface area contributed by atoms with Crippen LogP contribution >= 0.6 is 11.6 Å². The van der Waals surface area contributed by atoms with Gasteiger partial charge in [0.1, 0.15) is 0 Å².